The fourth-order valence-corrected chi connectivity index (χ4v) is 3.45. The predicted octanol–water partition coefficient (Wildman–Crippen LogP) is 3.37. The standard InChI is InChI=1S/C17H15BrFN7/c1-10-20-5-6-26(10)13-4-3-11(7-12(13)19)8-21-16-14-15(18)24-25(2)17(14)23-9-22-16/h3-7,9H,8H2,1-2H3,(H,21,22,23). The fourth-order valence-electron chi connectivity index (χ4n) is 2.85. The number of rotatable bonds is 4. The Balaban J connectivity index is 1.60. The molecule has 1 N–H and O–H groups in total. The van der Waals surface area contributed by atoms with Crippen molar-refractivity contribution in [2.45, 2.75) is 13.5 Å². The van der Waals surface area contributed by atoms with Gasteiger partial charge >= 0.3 is 0 Å². The maximum Gasteiger partial charge on any atom is 0.164 e. The van der Waals surface area contributed by atoms with E-state index in [1.165, 1.54) is 12.4 Å². The van der Waals surface area contributed by atoms with E-state index in [2.05, 4.69) is 41.3 Å². The van der Waals surface area contributed by atoms with Crippen molar-refractivity contribution in [3.05, 3.63) is 58.7 Å². The average Bonchev–Trinajstić information content (AvgIpc) is 3.17. The van der Waals surface area contributed by atoms with Crippen molar-refractivity contribution in [3.63, 3.8) is 0 Å². The summed E-state index contributed by atoms with van der Waals surface area (Å²) < 4.78 is 18.6. The number of benzene rings is 1. The van der Waals surface area contributed by atoms with Gasteiger partial charge < -0.3 is 9.88 Å². The minimum absolute atomic E-state index is 0.305. The van der Waals surface area contributed by atoms with Crippen molar-refractivity contribution in [2.24, 2.45) is 7.05 Å². The zero-order valence-electron chi connectivity index (χ0n) is 14.1. The summed E-state index contributed by atoms with van der Waals surface area (Å²) in [5.41, 5.74) is 1.99. The number of nitrogens with one attached hydrogen (secondary N) is 1. The topological polar surface area (TPSA) is 73.5 Å². The van der Waals surface area contributed by atoms with Gasteiger partial charge in [-0.15, -0.1) is 0 Å². The lowest BCUT2D eigenvalue weighted by atomic mass is 10.2. The first-order chi connectivity index (χ1) is 12.5. The summed E-state index contributed by atoms with van der Waals surface area (Å²) in [6.45, 7) is 2.26. The average molecular weight is 416 g/mol. The van der Waals surface area contributed by atoms with Crippen LogP contribution in [0.1, 0.15) is 11.4 Å². The van der Waals surface area contributed by atoms with Gasteiger partial charge in [-0.3, -0.25) is 0 Å². The number of aryl methyl sites for hydroxylation is 2. The molecule has 4 aromatic rings. The van der Waals surface area contributed by atoms with Gasteiger partial charge in [0.05, 0.1) is 11.1 Å². The van der Waals surface area contributed by atoms with Crippen LogP contribution in [0.15, 0.2) is 41.5 Å². The van der Waals surface area contributed by atoms with Crippen LogP contribution in [0.25, 0.3) is 16.7 Å². The van der Waals surface area contributed by atoms with Gasteiger partial charge in [0.1, 0.15) is 28.4 Å². The number of hydrogen-bond donors (Lipinski definition) is 1. The second kappa shape index (κ2) is 6.49. The minimum atomic E-state index is -0.305. The molecule has 0 unspecified atom stereocenters. The zero-order chi connectivity index (χ0) is 18.3. The minimum Gasteiger partial charge on any atom is -0.365 e. The first-order valence-electron chi connectivity index (χ1n) is 7.90. The number of aromatic nitrogens is 6. The molecule has 4 rings (SSSR count). The Morgan fingerprint density at radius 2 is 2.08 bits per heavy atom. The maximum absolute atomic E-state index is 14.5. The smallest absolute Gasteiger partial charge is 0.164 e. The van der Waals surface area contributed by atoms with E-state index in [4.69, 9.17) is 0 Å². The Hall–Kier alpha value is -2.81. The van der Waals surface area contributed by atoms with E-state index in [0.29, 0.717) is 28.3 Å². The third-order valence-electron chi connectivity index (χ3n) is 4.14. The van der Waals surface area contributed by atoms with Crippen molar-refractivity contribution in [3.8, 4) is 5.69 Å². The summed E-state index contributed by atoms with van der Waals surface area (Å²) in [5.74, 6) is 1.07. The molecule has 9 heteroatoms. The van der Waals surface area contributed by atoms with Crippen molar-refractivity contribution < 1.29 is 4.39 Å². The highest BCUT2D eigenvalue weighted by Gasteiger charge is 2.13. The molecule has 7 nitrogen and oxygen atoms in total. The lowest BCUT2D eigenvalue weighted by molar-refractivity contribution is 0.614. The highest BCUT2D eigenvalue weighted by atomic mass is 79.9. The van der Waals surface area contributed by atoms with Crippen LogP contribution in [0.3, 0.4) is 0 Å². The molecule has 0 spiro atoms. The van der Waals surface area contributed by atoms with Crippen LogP contribution in [-0.2, 0) is 13.6 Å². The number of anilines is 1. The summed E-state index contributed by atoms with van der Waals surface area (Å²) in [6, 6.07) is 5.14. The first-order valence-corrected chi connectivity index (χ1v) is 8.69. The SMILES string of the molecule is Cc1nccn1-c1ccc(CNc2ncnc3c2c(Br)nn3C)cc1F. The second-order valence-electron chi connectivity index (χ2n) is 5.82. The molecule has 3 aromatic heterocycles. The zero-order valence-corrected chi connectivity index (χ0v) is 15.7. The summed E-state index contributed by atoms with van der Waals surface area (Å²) >= 11 is 3.42. The second-order valence-corrected chi connectivity index (χ2v) is 6.57. The largest absolute Gasteiger partial charge is 0.365 e. The van der Waals surface area contributed by atoms with Gasteiger partial charge in [0.25, 0.3) is 0 Å². The molecule has 0 saturated heterocycles. The molecule has 0 amide bonds. The number of halogens is 2. The fraction of sp³-hybridized carbons (Fsp3) is 0.176. The molecule has 0 radical (unpaired) electrons. The quantitative estimate of drug-likeness (QED) is 0.552. The Labute approximate surface area is 157 Å². The van der Waals surface area contributed by atoms with Crippen LogP contribution in [0.4, 0.5) is 10.2 Å². The van der Waals surface area contributed by atoms with Gasteiger partial charge in [-0.05, 0) is 40.5 Å². The van der Waals surface area contributed by atoms with Gasteiger partial charge in [0.2, 0.25) is 0 Å². The lowest BCUT2D eigenvalue weighted by Gasteiger charge is -2.10. The van der Waals surface area contributed by atoms with Crippen LogP contribution < -0.4 is 5.32 Å². The normalized spacial score (nSPS) is 11.2. The number of imidazole rings is 1. The van der Waals surface area contributed by atoms with E-state index in [-0.39, 0.29) is 5.82 Å². The van der Waals surface area contributed by atoms with E-state index in [0.717, 1.165) is 16.8 Å². The van der Waals surface area contributed by atoms with Crippen LogP contribution in [0, 0.1) is 12.7 Å². The van der Waals surface area contributed by atoms with Crippen molar-refractivity contribution in [2.75, 3.05) is 5.32 Å². The molecule has 0 saturated carbocycles. The molecular weight excluding hydrogens is 401 g/mol. The lowest BCUT2D eigenvalue weighted by Crippen LogP contribution is -2.05. The third-order valence-corrected chi connectivity index (χ3v) is 4.69. The maximum atomic E-state index is 14.5. The van der Waals surface area contributed by atoms with Gasteiger partial charge in [0.15, 0.2) is 5.65 Å². The summed E-state index contributed by atoms with van der Waals surface area (Å²) in [6.07, 6.45) is 4.86. The molecule has 0 aliphatic heterocycles. The Morgan fingerprint density at radius 1 is 1.23 bits per heavy atom. The molecule has 0 fully saturated rings. The van der Waals surface area contributed by atoms with Crippen molar-refractivity contribution >= 4 is 32.8 Å². The van der Waals surface area contributed by atoms with Gasteiger partial charge in [-0.1, -0.05) is 6.07 Å². The summed E-state index contributed by atoms with van der Waals surface area (Å²) in [4.78, 5) is 12.6. The number of hydrogen-bond acceptors (Lipinski definition) is 5. The van der Waals surface area contributed by atoms with Crippen molar-refractivity contribution in [1.29, 1.82) is 0 Å². The van der Waals surface area contributed by atoms with E-state index in [1.807, 2.05) is 20.0 Å². The molecule has 0 aliphatic carbocycles. The van der Waals surface area contributed by atoms with Gasteiger partial charge in [-0.25, -0.2) is 24.0 Å². The van der Waals surface area contributed by atoms with E-state index in [1.54, 1.807) is 27.7 Å². The van der Waals surface area contributed by atoms with Crippen LogP contribution in [0.2, 0.25) is 0 Å². The van der Waals surface area contributed by atoms with Gasteiger partial charge in [0, 0.05) is 26.0 Å². The van der Waals surface area contributed by atoms with Crippen LogP contribution in [-0.4, -0.2) is 29.3 Å². The van der Waals surface area contributed by atoms with Crippen molar-refractivity contribution in [1.82, 2.24) is 29.3 Å². The third kappa shape index (κ3) is 2.84. The highest BCUT2D eigenvalue weighted by molar-refractivity contribution is 9.10. The Morgan fingerprint density at radius 3 is 2.81 bits per heavy atom. The first kappa shape index (κ1) is 16.6. The van der Waals surface area contributed by atoms with E-state index < -0.39 is 0 Å². The molecule has 0 aliphatic rings. The molecule has 0 bridgehead atoms. The van der Waals surface area contributed by atoms with E-state index >= 15 is 0 Å². The predicted molar refractivity (Wildman–Crippen MR) is 99.6 cm³/mol. The van der Waals surface area contributed by atoms with Crippen LogP contribution in [0.5, 0.6) is 0 Å². The number of nitrogens with zero attached hydrogens (tertiary/aromatic N) is 6. The molecule has 26 heavy (non-hydrogen) atoms. The van der Waals surface area contributed by atoms with Gasteiger partial charge in [-0.2, -0.15) is 5.10 Å². The Bertz CT molecular complexity index is 1100. The monoisotopic (exact) mass is 415 g/mol. The number of fused-ring (bicyclic) bond motifs is 1. The molecule has 0 atom stereocenters. The summed E-state index contributed by atoms with van der Waals surface area (Å²) in [5, 5.41) is 8.31. The van der Waals surface area contributed by atoms with E-state index in [9.17, 15) is 4.39 Å². The van der Waals surface area contributed by atoms with Crippen LogP contribution >= 0.6 is 15.9 Å². The molecule has 3 heterocycles. The Kier molecular flexibility index (Phi) is 4.15. The highest BCUT2D eigenvalue weighted by Crippen LogP contribution is 2.27. The molecular formula is C17H15BrFN7. The summed E-state index contributed by atoms with van der Waals surface area (Å²) in [7, 11) is 1.82. The molecule has 1 aromatic carbocycles. The molecule has 132 valence electrons.